The molecule has 1 saturated heterocycles. The first kappa shape index (κ1) is 10.6. The minimum atomic E-state index is 0.162. The molecule has 4 nitrogen and oxygen atoms in total. The van der Waals surface area contributed by atoms with Gasteiger partial charge in [-0.25, -0.2) is 0 Å². The van der Waals surface area contributed by atoms with E-state index < -0.39 is 0 Å². The Kier molecular flexibility index (Phi) is 2.52. The predicted octanol–water partition coefficient (Wildman–Crippen LogP) is 0.946. The second-order valence-corrected chi connectivity index (χ2v) is 4.55. The number of nitrogens with one attached hydrogen (secondary N) is 1. The topological polar surface area (TPSA) is 41.6 Å². The van der Waals surface area contributed by atoms with Crippen molar-refractivity contribution in [2.75, 3.05) is 25.1 Å². The average molecular weight is 232 g/mol. The van der Waals surface area contributed by atoms with E-state index in [4.69, 9.17) is 4.74 Å². The molecule has 3 rings (SSSR count). The molecule has 1 amide bonds. The number of fused-ring (bicyclic) bond motifs is 3. The largest absolute Gasteiger partial charge is 0.496 e. The van der Waals surface area contributed by atoms with E-state index in [2.05, 4.69) is 5.32 Å². The van der Waals surface area contributed by atoms with Crippen LogP contribution in [0.4, 0.5) is 5.69 Å². The molecule has 0 radical (unpaired) electrons. The van der Waals surface area contributed by atoms with Gasteiger partial charge in [0, 0.05) is 18.2 Å². The van der Waals surface area contributed by atoms with Crippen molar-refractivity contribution in [3.8, 4) is 5.75 Å². The van der Waals surface area contributed by atoms with Crippen molar-refractivity contribution in [2.24, 2.45) is 0 Å². The number of piperazine rings is 1. The molecule has 2 heterocycles. The molecule has 17 heavy (non-hydrogen) atoms. The number of ether oxygens (including phenoxy) is 1. The first-order chi connectivity index (χ1) is 8.31. The van der Waals surface area contributed by atoms with Gasteiger partial charge in [0.05, 0.1) is 19.3 Å². The molecule has 0 aliphatic carbocycles. The van der Waals surface area contributed by atoms with Crippen LogP contribution >= 0.6 is 0 Å². The number of hydrogen-bond acceptors (Lipinski definition) is 3. The van der Waals surface area contributed by atoms with Crippen LogP contribution in [0.1, 0.15) is 12.0 Å². The fraction of sp³-hybridized carbons (Fsp3) is 0.462. The Morgan fingerprint density at radius 1 is 1.47 bits per heavy atom. The number of methoxy groups -OCH3 is 1. The molecule has 1 fully saturated rings. The van der Waals surface area contributed by atoms with Crippen molar-refractivity contribution in [1.29, 1.82) is 0 Å². The maximum absolute atomic E-state index is 12.0. The summed E-state index contributed by atoms with van der Waals surface area (Å²) in [5.74, 6) is 1.06. The summed E-state index contributed by atoms with van der Waals surface area (Å²) in [6.45, 7) is 1.33. The van der Waals surface area contributed by atoms with Gasteiger partial charge in [-0.2, -0.15) is 0 Å². The standard InChI is InChI=1S/C13H16N2O2/c1-17-12-4-2-3-11-10(12)6-5-9-7-14-8-13(16)15(9)11/h2-4,9,14H,5-8H2,1H3. The van der Waals surface area contributed by atoms with E-state index in [1.807, 2.05) is 23.1 Å². The van der Waals surface area contributed by atoms with Crippen LogP contribution in [0.2, 0.25) is 0 Å². The number of hydrogen-bond donors (Lipinski definition) is 1. The third kappa shape index (κ3) is 1.60. The van der Waals surface area contributed by atoms with Crippen LogP contribution in [0.15, 0.2) is 18.2 Å². The van der Waals surface area contributed by atoms with Crippen LogP contribution in [0.5, 0.6) is 5.75 Å². The lowest BCUT2D eigenvalue weighted by atomic mass is 9.93. The monoisotopic (exact) mass is 232 g/mol. The molecule has 1 atom stereocenters. The molecular formula is C13H16N2O2. The van der Waals surface area contributed by atoms with Crippen LogP contribution in [0.3, 0.4) is 0 Å². The first-order valence-corrected chi connectivity index (χ1v) is 6.00. The zero-order valence-electron chi connectivity index (χ0n) is 9.90. The van der Waals surface area contributed by atoms with Crippen LogP contribution in [0, 0.1) is 0 Å². The summed E-state index contributed by atoms with van der Waals surface area (Å²) in [7, 11) is 1.68. The Balaban J connectivity index is 2.08. The van der Waals surface area contributed by atoms with Crippen LogP contribution < -0.4 is 15.0 Å². The van der Waals surface area contributed by atoms with Gasteiger partial charge in [-0.3, -0.25) is 4.79 Å². The Morgan fingerprint density at radius 2 is 2.35 bits per heavy atom. The highest BCUT2D eigenvalue weighted by molar-refractivity contribution is 5.97. The second-order valence-electron chi connectivity index (χ2n) is 4.55. The van der Waals surface area contributed by atoms with E-state index in [1.54, 1.807) is 7.11 Å². The van der Waals surface area contributed by atoms with Crippen molar-refractivity contribution in [3.63, 3.8) is 0 Å². The van der Waals surface area contributed by atoms with Crippen molar-refractivity contribution in [1.82, 2.24) is 5.32 Å². The molecule has 0 spiro atoms. The van der Waals surface area contributed by atoms with E-state index in [0.29, 0.717) is 12.6 Å². The van der Waals surface area contributed by atoms with Crippen molar-refractivity contribution >= 4 is 11.6 Å². The molecule has 2 aliphatic heterocycles. The van der Waals surface area contributed by atoms with Gasteiger partial charge in [0.2, 0.25) is 5.91 Å². The maximum Gasteiger partial charge on any atom is 0.241 e. The quantitative estimate of drug-likeness (QED) is 0.783. The fourth-order valence-corrected chi connectivity index (χ4v) is 2.82. The first-order valence-electron chi connectivity index (χ1n) is 6.00. The molecule has 90 valence electrons. The molecular weight excluding hydrogens is 216 g/mol. The molecule has 0 aromatic heterocycles. The molecule has 1 unspecified atom stereocenters. The van der Waals surface area contributed by atoms with Gasteiger partial charge in [0.1, 0.15) is 5.75 Å². The smallest absolute Gasteiger partial charge is 0.241 e. The molecule has 1 N–H and O–H groups in total. The lowest BCUT2D eigenvalue weighted by molar-refractivity contribution is -0.119. The highest BCUT2D eigenvalue weighted by Gasteiger charge is 2.34. The number of rotatable bonds is 1. The highest BCUT2D eigenvalue weighted by atomic mass is 16.5. The lowest BCUT2D eigenvalue weighted by Crippen LogP contribution is -2.56. The summed E-state index contributed by atoms with van der Waals surface area (Å²) in [5.41, 5.74) is 2.20. The van der Waals surface area contributed by atoms with E-state index in [1.165, 1.54) is 5.56 Å². The molecule has 1 aromatic carbocycles. The Bertz CT molecular complexity index is 459. The van der Waals surface area contributed by atoms with E-state index >= 15 is 0 Å². The maximum atomic E-state index is 12.0. The van der Waals surface area contributed by atoms with Crippen LogP contribution in [-0.4, -0.2) is 32.1 Å². The van der Waals surface area contributed by atoms with Crippen molar-refractivity contribution < 1.29 is 9.53 Å². The van der Waals surface area contributed by atoms with E-state index in [0.717, 1.165) is 30.8 Å². The van der Waals surface area contributed by atoms with Gasteiger partial charge in [0.25, 0.3) is 0 Å². The zero-order valence-corrected chi connectivity index (χ0v) is 9.90. The zero-order chi connectivity index (χ0) is 11.8. The number of nitrogens with zero attached hydrogens (tertiary/aromatic N) is 1. The van der Waals surface area contributed by atoms with Crippen molar-refractivity contribution in [3.05, 3.63) is 23.8 Å². The summed E-state index contributed by atoms with van der Waals surface area (Å²) in [4.78, 5) is 14.0. The summed E-state index contributed by atoms with van der Waals surface area (Å²) < 4.78 is 5.37. The molecule has 0 saturated carbocycles. The average Bonchev–Trinajstić information content (AvgIpc) is 2.37. The summed E-state index contributed by atoms with van der Waals surface area (Å²) >= 11 is 0. The molecule has 4 heteroatoms. The van der Waals surface area contributed by atoms with Gasteiger partial charge in [-0.1, -0.05) is 6.07 Å². The Hall–Kier alpha value is -1.55. The number of carbonyl (C=O) groups is 1. The minimum absolute atomic E-state index is 0.162. The van der Waals surface area contributed by atoms with Gasteiger partial charge < -0.3 is 15.0 Å². The third-order valence-corrected chi connectivity index (χ3v) is 3.61. The van der Waals surface area contributed by atoms with Crippen LogP contribution in [0.25, 0.3) is 0 Å². The number of amides is 1. The van der Waals surface area contributed by atoms with E-state index in [9.17, 15) is 4.79 Å². The third-order valence-electron chi connectivity index (χ3n) is 3.61. The number of carbonyl (C=O) groups excluding carboxylic acids is 1. The SMILES string of the molecule is COc1cccc2c1CCC1CNCC(=O)N21. The Morgan fingerprint density at radius 3 is 3.18 bits per heavy atom. The van der Waals surface area contributed by atoms with E-state index in [-0.39, 0.29) is 5.91 Å². The van der Waals surface area contributed by atoms with Gasteiger partial charge >= 0.3 is 0 Å². The normalized spacial score (nSPS) is 23.0. The summed E-state index contributed by atoms with van der Waals surface area (Å²) in [6, 6.07) is 6.24. The van der Waals surface area contributed by atoms with Gasteiger partial charge in [-0.15, -0.1) is 0 Å². The predicted molar refractivity (Wildman–Crippen MR) is 65.5 cm³/mol. The van der Waals surface area contributed by atoms with Gasteiger partial charge in [-0.05, 0) is 25.0 Å². The minimum Gasteiger partial charge on any atom is -0.496 e. The number of benzene rings is 1. The lowest BCUT2D eigenvalue weighted by Gasteiger charge is -2.40. The highest BCUT2D eigenvalue weighted by Crippen LogP contribution is 2.37. The fourth-order valence-electron chi connectivity index (χ4n) is 2.82. The Labute approximate surface area is 101 Å². The van der Waals surface area contributed by atoms with Crippen molar-refractivity contribution in [2.45, 2.75) is 18.9 Å². The second kappa shape index (κ2) is 4.04. The summed E-state index contributed by atoms with van der Waals surface area (Å²) in [6.07, 6.45) is 1.99. The van der Waals surface area contributed by atoms with Gasteiger partial charge in [0.15, 0.2) is 0 Å². The number of anilines is 1. The summed E-state index contributed by atoms with van der Waals surface area (Å²) in [5, 5.41) is 3.17. The molecule has 1 aromatic rings. The van der Waals surface area contributed by atoms with Crippen LogP contribution in [-0.2, 0) is 11.2 Å². The molecule has 0 bridgehead atoms. The molecule has 2 aliphatic rings.